The summed E-state index contributed by atoms with van der Waals surface area (Å²) in [4.78, 5) is 17.1. The molecule has 0 aliphatic heterocycles. The molecule has 1 heterocycles. The topological polar surface area (TPSA) is 69.5 Å². The first-order valence-corrected chi connectivity index (χ1v) is 4.45. The number of nitriles is 1. The lowest BCUT2D eigenvalue weighted by atomic mass is 10.1. The summed E-state index contributed by atoms with van der Waals surface area (Å²) in [7, 11) is 0. The molecule has 0 saturated carbocycles. The quantitative estimate of drug-likeness (QED) is 0.778. The molecule has 78 valence electrons. The molecule has 0 aliphatic rings. The van der Waals surface area contributed by atoms with Gasteiger partial charge in [0.1, 0.15) is 17.7 Å². The van der Waals surface area contributed by atoms with Gasteiger partial charge in [-0.15, -0.1) is 0 Å². The van der Waals surface area contributed by atoms with Gasteiger partial charge in [0.05, 0.1) is 17.5 Å². The average molecular weight is 215 g/mol. The maximum atomic E-state index is 13.0. The van der Waals surface area contributed by atoms with Crippen molar-refractivity contribution in [3.8, 4) is 17.5 Å². The van der Waals surface area contributed by atoms with Crippen molar-refractivity contribution in [1.82, 2.24) is 9.97 Å². The molecule has 0 fully saturated rings. The molecule has 2 rings (SSSR count). The predicted octanol–water partition coefficient (Wildman–Crippen LogP) is 1.90. The van der Waals surface area contributed by atoms with Crippen molar-refractivity contribution in [2.45, 2.75) is 0 Å². The van der Waals surface area contributed by atoms with E-state index in [1.54, 1.807) is 6.07 Å². The van der Waals surface area contributed by atoms with E-state index in [2.05, 4.69) is 9.97 Å². The lowest BCUT2D eigenvalue weighted by Gasteiger charge is -1.98. The Bertz CT molecular complexity index is 583. The van der Waals surface area contributed by atoms with Crippen LogP contribution in [0.3, 0.4) is 0 Å². The molecule has 0 saturated heterocycles. The Kier molecular flexibility index (Phi) is 2.48. The van der Waals surface area contributed by atoms with E-state index in [4.69, 9.17) is 5.26 Å². The molecular formula is C11H6FN3O. The Balaban J connectivity index is 2.48. The number of benzene rings is 1. The van der Waals surface area contributed by atoms with Crippen LogP contribution >= 0.6 is 0 Å². The van der Waals surface area contributed by atoms with Gasteiger partial charge in [-0.05, 0) is 18.2 Å². The number of carbonyl (C=O) groups excluding carboxylic acids is 1. The summed E-state index contributed by atoms with van der Waals surface area (Å²) in [6, 6.07) is 5.80. The molecule has 1 N–H and O–H groups in total. The van der Waals surface area contributed by atoms with Crippen LogP contribution in [0.4, 0.5) is 4.39 Å². The predicted molar refractivity (Wildman–Crippen MR) is 54.1 cm³/mol. The molecule has 0 radical (unpaired) electrons. The Morgan fingerprint density at radius 3 is 2.94 bits per heavy atom. The number of aromatic amines is 1. The first-order valence-electron chi connectivity index (χ1n) is 4.45. The highest BCUT2D eigenvalue weighted by molar-refractivity contribution is 5.73. The maximum Gasteiger partial charge on any atom is 0.167 e. The van der Waals surface area contributed by atoms with Crippen molar-refractivity contribution in [2.24, 2.45) is 0 Å². The van der Waals surface area contributed by atoms with Crippen LogP contribution in [0.2, 0.25) is 0 Å². The van der Waals surface area contributed by atoms with Gasteiger partial charge in [-0.3, -0.25) is 4.79 Å². The monoisotopic (exact) mass is 215 g/mol. The molecular weight excluding hydrogens is 209 g/mol. The fourth-order valence-electron chi connectivity index (χ4n) is 1.30. The van der Waals surface area contributed by atoms with Gasteiger partial charge in [0, 0.05) is 5.56 Å². The standard InChI is InChI=1S/C11H6FN3O/c12-10-2-1-7(3-8(10)4-13)11-14-5-9(6-16)15-11/h1-3,5-6H,(H,14,15). The van der Waals surface area contributed by atoms with Crippen molar-refractivity contribution in [2.75, 3.05) is 0 Å². The minimum atomic E-state index is -0.576. The number of nitrogens with zero attached hydrogens (tertiary/aromatic N) is 2. The highest BCUT2D eigenvalue weighted by atomic mass is 19.1. The molecule has 0 spiro atoms. The number of imidazole rings is 1. The van der Waals surface area contributed by atoms with Crippen LogP contribution in [-0.4, -0.2) is 16.3 Å². The van der Waals surface area contributed by atoms with E-state index in [9.17, 15) is 9.18 Å². The molecule has 2 aromatic rings. The normalized spacial score (nSPS) is 9.75. The number of nitrogens with one attached hydrogen (secondary N) is 1. The molecule has 0 aliphatic carbocycles. The third-order valence-corrected chi connectivity index (χ3v) is 2.08. The number of rotatable bonds is 2. The summed E-state index contributed by atoms with van der Waals surface area (Å²) in [5.41, 5.74) is 0.838. The Labute approximate surface area is 90.4 Å². The third-order valence-electron chi connectivity index (χ3n) is 2.08. The molecule has 5 heteroatoms. The molecule has 4 nitrogen and oxygen atoms in total. The number of carbonyl (C=O) groups is 1. The van der Waals surface area contributed by atoms with Gasteiger partial charge in [0.2, 0.25) is 0 Å². The Morgan fingerprint density at radius 1 is 1.50 bits per heavy atom. The van der Waals surface area contributed by atoms with Crippen molar-refractivity contribution in [3.63, 3.8) is 0 Å². The van der Waals surface area contributed by atoms with Crippen LogP contribution in [0, 0.1) is 17.1 Å². The largest absolute Gasteiger partial charge is 0.336 e. The fourth-order valence-corrected chi connectivity index (χ4v) is 1.30. The van der Waals surface area contributed by atoms with Gasteiger partial charge < -0.3 is 4.98 Å². The Hall–Kier alpha value is -2.48. The second kappa shape index (κ2) is 3.95. The van der Waals surface area contributed by atoms with Crippen LogP contribution in [0.15, 0.2) is 24.4 Å². The van der Waals surface area contributed by atoms with E-state index in [-0.39, 0.29) is 5.56 Å². The average Bonchev–Trinajstić information content (AvgIpc) is 2.78. The van der Waals surface area contributed by atoms with Crippen LogP contribution in [0.5, 0.6) is 0 Å². The first kappa shape index (κ1) is 10.1. The number of hydrogen-bond donors (Lipinski definition) is 1. The van der Waals surface area contributed by atoms with Gasteiger partial charge in [-0.25, -0.2) is 9.37 Å². The number of hydrogen-bond acceptors (Lipinski definition) is 3. The molecule has 0 unspecified atom stereocenters. The molecule has 1 aromatic carbocycles. The minimum absolute atomic E-state index is 0.0541. The SMILES string of the molecule is N#Cc1cc(-c2ncc(C=O)[nH]2)ccc1F. The highest BCUT2D eigenvalue weighted by Crippen LogP contribution is 2.18. The summed E-state index contributed by atoms with van der Waals surface area (Å²) in [5, 5.41) is 8.66. The molecule has 1 aromatic heterocycles. The zero-order valence-corrected chi connectivity index (χ0v) is 8.07. The van der Waals surface area contributed by atoms with Crippen molar-refractivity contribution < 1.29 is 9.18 Å². The lowest BCUT2D eigenvalue weighted by molar-refractivity contribution is 0.111. The summed E-state index contributed by atoms with van der Waals surface area (Å²) in [6.45, 7) is 0. The first-order chi connectivity index (χ1) is 7.74. The minimum Gasteiger partial charge on any atom is -0.336 e. The van der Waals surface area contributed by atoms with E-state index in [0.29, 0.717) is 23.4 Å². The van der Waals surface area contributed by atoms with E-state index < -0.39 is 5.82 Å². The van der Waals surface area contributed by atoms with Gasteiger partial charge in [-0.1, -0.05) is 0 Å². The van der Waals surface area contributed by atoms with E-state index >= 15 is 0 Å². The second-order valence-corrected chi connectivity index (χ2v) is 3.11. The zero-order chi connectivity index (χ0) is 11.5. The fraction of sp³-hybridized carbons (Fsp3) is 0. The number of aldehydes is 1. The van der Waals surface area contributed by atoms with Crippen LogP contribution < -0.4 is 0 Å². The molecule has 0 amide bonds. The van der Waals surface area contributed by atoms with Crippen molar-refractivity contribution >= 4 is 6.29 Å². The van der Waals surface area contributed by atoms with Gasteiger partial charge in [0.15, 0.2) is 6.29 Å². The summed E-state index contributed by atoms with van der Waals surface area (Å²) < 4.78 is 13.0. The zero-order valence-electron chi connectivity index (χ0n) is 8.07. The van der Waals surface area contributed by atoms with Crippen LogP contribution in [-0.2, 0) is 0 Å². The number of H-pyrrole nitrogens is 1. The molecule has 16 heavy (non-hydrogen) atoms. The second-order valence-electron chi connectivity index (χ2n) is 3.11. The summed E-state index contributed by atoms with van der Waals surface area (Å²) in [6.07, 6.45) is 2.00. The number of aromatic nitrogens is 2. The number of halogens is 1. The molecule has 0 atom stereocenters. The smallest absolute Gasteiger partial charge is 0.167 e. The van der Waals surface area contributed by atoms with Crippen molar-refractivity contribution in [1.29, 1.82) is 5.26 Å². The highest BCUT2D eigenvalue weighted by Gasteiger charge is 2.07. The lowest BCUT2D eigenvalue weighted by Crippen LogP contribution is -1.87. The molecule has 0 bridgehead atoms. The third kappa shape index (κ3) is 1.68. The van der Waals surface area contributed by atoms with E-state index in [0.717, 1.165) is 0 Å². The summed E-state index contributed by atoms with van der Waals surface area (Å²) >= 11 is 0. The van der Waals surface area contributed by atoms with Gasteiger partial charge in [0.25, 0.3) is 0 Å². The Morgan fingerprint density at radius 2 is 2.31 bits per heavy atom. The van der Waals surface area contributed by atoms with Gasteiger partial charge in [-0.2, -0.15) is 5.26 Å². The maximum absolute atomic E-state index is 13.0. The van der Waals surface area contributed by atoms with Gasteiger partial charge >= 0.3 is 0 Å². The van der Waals surface area contributed by atoms with Crippen LogP contribution in [0.1, 0.15) is 16.1 Å². The van der Waals surface area contributed by atoms with Crippen LogP contribution in [0.25, 0.3) is 11.4 Å². The summed E-state index contributed by atoms with van der Waals surface area (Å²) in [5.74, 6) is -0.146. The van der Waals surface area contributed by atoms with E-state index in [1.807, 2.05) is 0 Å². The van der Waals surface area contributed by atoms with E-state index in [1.165, 1.54) is 24.4 Å². The van der Waals surface area contributed by atoms with Crippen molar-refractivity contribution in [3.05, 3.63) is 41.5 Å².